The normalized spacial score (nSPS) is 18.0. The van der Waals surface area contributed by atoms with Gasteiger partial charge in [0.05, 0.1) is 12.3 Å². The highest BCUT2D eigenvalue weighted by Crippen LogP contribution is 2.33. The lowest BCUT2D eigenvalue weighted by Crippen LogP contribution is -2.42. The number of rotatable bonds is 10. The molecule has 1 saturated carbocycles. The number of pyridine rings is 1. The molecule has 1 atom stereocenters. The number of likely N-dealkylation sites (tertiary alicyclic amines) is 1. The molecule has 2 fully saturated rings. The number of hydrogen-bond donors (Lipinski definition) is 2. The van der Waals surface area contributed by atoms with E-state index in [0.29, 0.717) is 23.2 Å². The molecule has 2 heterocycles. The van der Waals surface area contributed by atoms with Gasteiger partial charge in [0.25, 0.3) is 0 Å². The van der Waals surface area contributed by atoms with Gasteiger partial charge in [-0.1, -0.05) is 55.7 Å². The first-order chi connectivity index (χ1) is 19.8. The zero-order chi connectivity index (χ0) is 28.7. The number of piperidine rings is 1. The number of aromatic nitrogens is 1. The van der Waals surface area contributed by atoms with E-state index in [0.717, 1.165) is 70.0 Å². The molecule has 1 aliphatic heterocycles. The fourth-order valence-corrected chi connectivity index (χ4v) is 6.53. The van der Waals surface area contributed by atoms with Crippen LogP contribution in [0.4, 0.5) is 5.69 Å². The number of sulfonamides is 1. The highest BCUT2D eigenvalue weighted by Gasteiger charge is 2.31. The van der Waals surface area contributed by atoms with Gasteiger partial charge in [0, 0.05) is 30.4 Å². The van der Waals surface area contributed by atoms with Gasteiger partial charge >= 0.3 is 0 Å². The summed E-state index contributed by atoms with van der Waals surface area (Å²) >= 11 is 0. The fourth-order valence-electron chi connectivity index (χ4n) is 5.96. The van der Waals surface area contributed by atoms with E-state index in [4.69, 9.17) is 4.74 Å². The third-order valence-electron chi connectivity index (χ3n) is 8.12. The van der Waals surface area contributed by atoms with Crippen molar-refractivity contribution in [3.63, 3.8) is 0 Å². The van der Waals surface area contributed by atoms with Crippen molar-refractivity contribution in [3.05, 3.63) is 84.1 Å². The predicted molar refractivity (Wildman–Crippen MR) is 161 cm³/mol. The summed E-state index contributed by atoms with van der Waals surface area (Å²) in [5.41, 5.74) is 2.80. The van der Waals surface area contributed by atoms with E-state index in [1.807, 2.05) is 24.4 Å². The third kappa shape index (κ3) is 8.53. The molecule has 8 nitrogen and oxygen atoms in total. The Bertz CT molecular complexity index is 1370. The fraction of sp³-hybridized carbons (Fsp3) is 0.438. The zero-order valence-corrected chi connectivity index (χ0v) is 24.5. The molecule has 2 aromatic carbocycles. The van der Waals surface area contributed by atoms with E-state index in [-0.39, 0.29) is 17.9 Å². The van der Waals surface area contributed by atoms with Gasteiger partial charge in [0.2, 0.25) is 21.8 Å². The number of amides is 1. The number of anilines is 1. The number of nitrogens with one attached hydrogen (secondary N) is 2. The molecular weight excluding hydrogens is 536 g/mol. The Hall–Kier alpha value is -3.43. The molecule has 3 aromatic rings. The van der Waals surface area contributed by atoms with Crippen LogP contribution in [0.2, 0.25) is 0 Å². The highest BCUT2D eigenvalue weighted by molar-refractivity contribution is 7.92. The first-order valence-corrected chi connectivity index (χ1v) is 16.5. The molecule has 218 valence electrons. The lowest BCUT2D eigenvalue weighted by molar-refractivity contribution is -0.127. The monoisotopic (exact) mass is 576 g/mol. The minimum atomic E-state index is -3.32. The van der Waals surface area contributed by atoms with Crippen molar-refractivity contribution in [2.75, 3.05) is 24.1 Å². The van der Waals surface area contributed by atoms with Gasteiger partial charge < -0.3 is 10.1 Å². The molecule has 0 bridgehead atoms. The Balaban J connectivity index is 1.14. The number of nitrogens with zero attached hydrogens (tertiary/aromatic N) is 2. The topological polar surface area (TPSA) is 101 Å². The van der Waals surface area contributed by atoms with Crippen LogP contribution < -0.4 is 14.8 Å². The van der Waals surface area contributed by atoms with Gasteiger partial charge in [-0.2, -0.15) is 0 Å². The summed E-state index contributed by atoms with van der Waals surface area (Å²) in [6.45, 7) is 2.76. The first kappa shape index (κ1) is 29.1. The molecule has 1 saturated heterocycles. The largest absolute Gasteiger partial charge is 0.439 e. The van der Waals surface area contributed by atoms with Crippen molar-refractivity contribution in [1.29, 1.82) is 0 Å². The van der Waals surface area contributed by atoms with Crippen molar-refractivity contribution >= 4 is 21.6 Å². The van der Waals surface area contributed by atoms with E-state index < -0.39 is 10.0 Å². The second-order valence-electron chi connectivity index (χ2n) is 11.4. The molecule has 2 N–H and O–H groups in total. The Morgan fingerprint density at radius 2 is 1.66 bits per heavy atom. The molecule has 0 spiro atoms. The van der Waals surface area contributed by atoms with Crippen LogP contribution in [0.3, 0.4) is 0 Å². The van der Waals surface area contributed by atoms with Crippen molar-refractivity contribution in [3.8, 4) is 11.6 Å². The molecule has 2 aliphatic rings. The van der Waals surface area contributed by atoms with Crippen LogP contribution in [0.5, 0.6) is 11.6 Å². The first-order valence-electron chi connectivity index (χ1n) is 14.6. The van der Waals surface area contributed by atoms with Gasteiger partial charge in [-0.3, -0.25) is 14.4 Å². The van der Waals surface area contributed by atoms with Crippen molar-refractivity contribution < 1.29 is 17.9 Å². The number of carbonyl (C=O) groups excluding carboxylic acids is 1. The summed E-state index contributed by atoms with van der Waals surface area (Å²) in [4.78, 5) is 20.1. The second kappa shape index (κ2) is 13.5. The molecule has 41 heavy (non-hydrogen) atoms. The Morgan fingerprint density at radius 3 is 2.29 bits per heavy atom. The van der Waals surface area contributed by atoms with Crippen molar-refractivity contribution in [2.24, 2.45) is 11.8 Å². The molecule has 1 amide bonds. The number of carbonyl (C=O) groups is 1. The van der Waals surface area contributed by atoms with Crippen LogP contribution in [-0.4, -0.2) is 43.6 Å². The zero-order valence-electron chi connectivity index (χ0n) is 23.7. The van der Waals surface area contributed by atoms with Crippen LogP contribution in [0.25, 0.3) is 0 Å². The van der Waals surface area contributed by atoms with Crippen LogP contribution >= 0.6 is 0 Å². The van der Waals surface area contributed by atoms with Crippen LogP contribution in [0, 0.1) is 11.8 Å². The highest BCUT2D eigenvalue weighted by atomic mass is 32.2. The summed E-state index contributed by atoms with van der Waals surface area (Å²) in [5, 5.41) is 3.46. The Kier molecular flexibility index (Phi) is 9.57. The van der Waals surface area contributed by atoms with Crippen molar-refractivity contribution in [2.45, 2.75) is 57.5 Å². The van der Waals surface area contributed by atoms with E-state index in [1.165, 1.54) is 12.0 Å². The van der Waals surface area contributed by atoms with Gasteiger partial charge in [-0.15, -0.1) is 0 Å². The minimum absolute atomic E-state index is 0.0575. The molecule has 0 radical (unpaired) electrons. The van der Waals surface area contributed by atoms with E-state index >= 15 is 0 Å². The van der Waals surface area contributed by atoms with Gasteiger partial charge in [0.15, 0.2) is 0 Å². The predicted octanol–water partition coefficient (Wildman–Crippen LogP) is 5.90. The second-order valence-corrected chi connectivity index (χ2v) is 13.1. The lowest BCUT2D eigenvalue weighted by Gasteiger charge is -2.37. The summed E-state index contributed by atoms with van der Waals surface area (Å²) in [6, 6.07) is 21.1. The third-order valence-corrected chi connectivity index (χ3v) is 8.73. The summed E-state index contributed by atoms with van der Waals surface area (Å²) in [6.07, 6.45) is 10.6. The molecule has 9 heteroatoms. The van der Waals surface area contributed by atoms with Gasteiger partial charge in [-0.05, 0) is 80.1 Å². The number of ether oxygens (including phenoxy) is 1. The summed E-state index contributed by atoms with van der Waals surface area (Å²) in [5.74, 6) is 1.86. The Labute approximate surface area is 243 Å². The van der Waals surface area contributed by atoms with E-state index in [2.05, 4.69) is 44.2 Å². The van der Waals surface area contributed by atoms with Gasteiger partial charge in [-0.25, -0.2) is 13.4 Å². The maximum Gasteiger partial charge on any atom is 0.229 e. The molecular formula is C32H40N4O4S. The maximum absolute atomic E-state index is 13.2. The standard InChI is InChI=1S/C32H40N4O4S/c1-41(38,39)35-28-13-15-29(16-14-28)40-30-17-12-24(22-33-30)23-36-20-18-26(19-21-36)31(25-8-4-2-5-9-25)34-32(37)27-10-6-3-7-11-27/h2,4-5,8-9,12-17,22,26-27,31,35H,3,6-7,10-11,18-21,23H2,1H3,(H,34,37). The molecule has 1 aliphatic carbocycles. The Morgan fingerprint density at radius 1 is 0.951 bits per heavy atom. The summed E-state index contributed by atoms with van der Waals surface area (Å²) < 4.78 is 31.0. The van der Waals surface area contributed by atoms with Crippen LogP contribution in [0.15, 0.2) is 72.9 Å². The lowest BCUT2D eigenvalue weighted by atomic mass is 9.83. The molecule has 1 aromatic heterocycles. The average Bonchev–Trinajstić information content (AvgIpc) is 2.98. The molecule has 1 unspecified atom stereocenters. The van der Waals surface area contributed by atoms with Crippen molar-refractivity contribution in [1.82, 2.24) is 15.2 Å². The molecule has 5 rings (SSSR count). The van der Waals surface area contributed by atoms with Crippen LogP contribution in [0.1, 0.15) is 62.1 Å². The van der Waals surface area contributed by atoms with Gasteiger partial charge in [0.1, 0.15) is 5.75 Å². The smallest absolute Gasteiger partial charge is 0.229 e. The average molecular weight is 577 g/mol. The van der Waals surface area contributed by atoms with E-state index in [1.54, 1.807) is 24.3 Å². The van der Waals surface area contributed by atoms with E-state index in [9.17, 15) is 13.2 Å². The SMILES string of the molecule is CS(=O)(=O)Nc1ccc(Oc2ccc(CN3CCC(C(NC(=O)C4CCCCC4)c4ccccc4)CC3)cn2)cc1. The minimum Gasteiger partial charge on any atom is -0.439 e. The number of benzene rings is 2. The summed E-state index contributed by atoms with van der Waals surface area (Å²) in [7, 11) is -3.32. The number of hydrogen-bond acceptors (Lipinski definition) is 6. The van der Waals surface area contributed by atoms with Crippen LogP contribution in [-0.2, 0) is 21.4 Å². The quantitative estimate of drug-likeness (QED) is 0.312. The maximum atomic E-state index is 13.2.